The summed E-state index contributed by atoms with van der Waals surface area (Å²) in [4.78, 5) is 24.9. The van der Waals surface area contributed by atoms with Crippen molar-refractivity contribution in [3.63, 3.8) is 0 Å². The predicted molar refractivity (Wildman–Crippen MR) is 99.3 cm³/mol. The highest BCUT2D eigenvalue weighted by Gasteiger charge is 2.30. The summed E-state index contributed by atoms with van der Waals surface area (Å²) >= 11 is 0. The van der Waals surface area contributed by atoms with Gasteiger partial charge in [-0.3, -0.25) is 0 Å². The van der Waals surface area contributed by atoms with Crippen LogP contribution in [0.4, 0.5) is 5.69 Å². The molecule has 1 aromatic carbocycles. The van der Waals surface area contributed by atoms with Crippen molar-refractivity contribution in [1.82, 2.24) is 0 Å². The van der Waals surface area contributed by atoms with Crippen LogP contribution in [0.5, 0.6) is 0 Å². The van der Waals surface area contributed by atoms with Gasteiger partial charge in [0.05, 0.1) is 19.8 Å². The fraction of sp³-hybridized carbons (Fsp3) is 0.316. The molecule has 0 fully saturated rings. The molecule has 0 saturated heterocycles. The first-order valence-electron chi connectivity index (χ1n) is 8.70. The fourth-order valence-electron chi connectivity index (χ4n) is 2.31. The van der Waals surface area contributed by atoms with Gasteiger partial charge in [0.2, 0.25) is 0 Å². The lowest BCUT2D eigenvalue weighted by atomic mass is 9.93. The average Bonchev–Trinajstić information content (AvgIpc) is 2.68. The molecule has 1 aromatic rings. The van der Waals surface area contributed by atoms with Crippen LogP contribution < -0.4 is 5.23 Å². The second-order valence-corrected chi connectivity index (χ2v) is 5.30. The number of nitrogens with zero attached hydrogens (tertiary/aromatic N) is 1. The topological polar surface area (TPSA) is 154 Å². The number of quaternary nitrogens is 1. The number of benzene rings is 1. The first-order chi connectivity index (χ1) is 13.8. The van der Waals surface area contributed by atoms with E-state index in [0.29, 0.717) is 0 Å². The lowest BCUT2D eigenvalue weighted by molar-refractivity contribution is -0.991. The van der Waals surface area contributed by atoms with Gasteiger partial charge in [-0.25, -0.2) is 14.8 Å². The van der Waals surface area contributed by atoms with Gasteiger partial charge in [0.25, 0.3) is 5.95 Å². The van der Waals surface area contributed by atoms with E-state index in [1.807, 2.05) is 0 Å². The number of hydrogen-bond acceptors (Lipinski definition) is 9. The number of nitriles is 1. The van der Waals surface area contributed by atoms with E-state index >= 15 is 0 Å². The molecule has 156 valence electrons. The molecule has 0 spiro atoms. The molecule has 10 heteroatoms. The van der Waals surface area contributed by atoms with Crippen LogP contribution in [-0.2, 0) is 23.8 Å². The van der Waals surface area contributed by atoms with Gasteiger partial charge < -0.3 is 24.5 Å². The number of hydrogen-bond donors (Lipinski definition) is 3. The molecule has 0 heterocycles. The number of nitrogens with one attached hydrogen (secondary N) is 1. The third-order valence-electron chi connectivity index (χ3n) is 3.49. The molecular formula is C19H22N2O8. The predicted octanol–water partition coefficient (Wildman–Crippen LogP) is 1.30. The quantitative estimate of drug-likeness (QED) is 0.137. The Morgan fingerprint density at radius 3 is 2.00 bits per heavy atom. The van der Waals surface area contributed by atoms with Gasteiger partial charge in [-0.1, -0.05) is 0 Å². The Balaban J connectivity index is 3.86. The van der Waals surface area contributed by atoms with Crippen LogP contribution in [0.3, 0.4) is 0 Å². The van der Waals surface area contributed by atoms with Crippen LogP contribution in [0.2, 0.25) is 0 Å². The van der Waals surface area contributed by atoms with Crippen molar-refractivity contribution in [2.75, 3.05) is 19.8 Å². The minimum Gasteiger partial charge on any atom is -0.595 e. The zero-order chi connectivity index (χ0) is 22.0. The van der Waals surface area contributed by atoms with E-state index in [1.54, 1.807) is 13.0 Å². The summed E-state index contributed by atoms with van der Waals surface area (Å²) < 4.78 is 14.8. The molecule has 0 aliphatic carbocycles. The molecule has 0 bridgehead atoms. The van der Waals surface area contributed by atoms with Crippen molar-refractivity contribution in [2.24, 2.45) is 0 Å². The molecule has 0 amide bonds. The summed E-state index contributed by atoms with van der Waals surface area (Å²) in [6, 6.07) is 6.69. The van der Waals surface area contributed by atoms with Crippen molar-refractivity contribution in [3.05, 3.63) is 52.1 Å². The summed E-state index contributed by atoms with van der Waals surface area (Å²) in [5, 5.41) is 38.9. The van der Waals surface area contributed by atoms with Gasteiger partial charge in [-0.05, 0) is 38.5 Å². The largest absolute Gasteiger partial charge is 0.595 e. The standard InChI is InChI=1S/C19H22N2O8/c1-4-27-17(22)14(11-20)15(12-7-9-13(10-8-12)21(25)26)16(18(23)28-5-2)19(24)29-6-3/h7-10,21,23,25H,4-6H2,1-3H3. The molecule has 1 rings (SSSR count). The fourth-order valence-corrected chi connectivity index (χ4v) is 2.31. The smallest absolute Gasteiger partial charge is 0.349 e. The number of rotatable bonds is 9. The summed E-state index contributed by atoms with van der Waals surface area (Å²) in [6.07, 6.45) is 0. The minimum atomic E-state index is -1.19. The molecule has 1 unspecified atom stereocenters. The molecule has 3 N–H and O–H groups in total. The lowest BCUT2D eigenvalue weighted by Crippen LogP contribution is -2.99. The van der Waals surface area contributed by atoms with Gasteiger partial charge in [-0.2, -0.15) is 10.5 Å². The normalized spacial score (nSPS) is 13.4. The Morgan fingerprint density at radius 2 is 1.55 bits per heavy atom. The zero-order valence-corrected chi connectivity index (χ0v) is 16.2. The first kappa shape index (κ1) is 23.6. The summed E-state index contributed by atoms with van der Waals surface area (Å²) in [7, 11) is 0. The molecular weight excluding hydrogens is 384 g/mol. The summed E-state index contributed by atoms with van der Waals surface area (Å²) in [5.74, 6) is -2.91. The molecule has 0 aliphatic rings. The van der Waals surface area contributed by atoms with Crippen LogP contribution in [0.1, 0.15) is 26.3 Å². The molecule has 0 saturated carbocycles. The van der Waals surface area contributed by atoms with Crippen LogP contribution in [0.25, 0.3) is 5.57 Å². The molecule has 1 atom stereocenters. The minimum absolute atomic E-state index is 0.0126. The van der Waals surface area contributed by atoms with Gasteiger partial charge >= 0.3 is 11.9 Å². The second-order valence-electron chi connectivity index (χ2n) is 5.30. The Kier molecular flexibility index (Phi) is 9.34. The van der Waals surface area contributed by atoms with Crippen LogP contribution >= 0.6 is 0 Å². The number of carbonyl (C=O) groups excluding carboxylic acids is 2. The summed E-state index contributed by atoms with van der Waals surface area (Å²) in [5.41, 5.74) is -1.38. The first-order valence-corrected chi connectivity index (χ1v) is 8.70. The molecule has 10 nitrogen and oxygen atoms in total. The maximum Gasteiger partial charge on any atom is 0.349 e. The Labute approximate surface area is 167 Å². The van der Waals surface area contributed by atoms with E-state index in [4.69, 9.17) is 19.4 Å². The molecule has 29 heavy (non-hydrogen) atoms. The highest BCUT2D eigenvalue weighted by molar-refractivity contribution is 6.14. The van der Waals surface area contributed by atoms with E-state index in [0.717, 1.165) is 0 Å². The maximum atomic E-state index is 12.5. The molecule has 0 aliphatic heterocycles. The number of esters is 2. The number of aliphatic hydroxyl groups excluding tert-OH is 1. The summed E-state index contributed by atoms with van der Waals surface area (Å²) in [6.45, 7) is 4.53. The number of carbonyl (C=O) groups is 2. The highest BCUT2D eigenvalue weighted by atomic mass is 16.8. The van der Waals surface area contributed by atoms with Gasteiger partial charge in [0, 0.05) is 17.7 Å². The lowest BCUT2D eigenvalue weighted by Gasteiger charge is -2.16. The Morgan fingerprint density at radius 1 is 1.03 bits per heavy atom. The van der Waals surface area contributed by atoms with Gasteiger partial charge in [0.15, 0.2) is 5.69 Å². The highest BCUT2D eigenvalue weighted by Crippen LogP contribution is 2.31. The number of ether oxygens (including phenoxy) is 3. The number of aliphatic hydroxyl groups is 1. The maximum absolute atomic E-state index is 12.5. The average molecular weight is 406 g/mol. The SMILES string of the molecule is CCOC(=O)C(C#N)=C(C(C(=O)OCC)=C(O)OCC)c1ccc([NH+]([O-])O)cc1. The zero-order valence-electron chi connectivity index (χ0n) is 16.2. The Bertz CT molecular complexity index is 835. The van der Waals surface area contributed by atoms with E-state index in [-0.39, 0.29) is 36.6 Å². The van der Waals surface area contributed by atoms with Crippen molar-refractivity contribution < 1.29 is 39.3 Å². The van der Waals surface area contributed by atoms with E-state index in [9.17, 15) is 25.2 Å². The van der Waals surface area contributed by atoms with Crippen LogP contribution in [0.15, 0.2) is 41.4 Å². The van der Waals surface area contributed by atoms with Crippen molar-refractivity contribution in [3.8, 4) is 6.07 Å². The van der Waals surface area contributed by atoms with Gasteiger partial charge in [0.1, 0.15) is 17.2 Å². The van der Waals surface area contributed by atoms with E-state index < -0.39 is 34.3 Å². The van der Waals surface area contributed by atoms with Crippen LogP contribution in [-0.4, -0.2) is 42.1 Å². The van der Waals surface area contributed by atoms with Crippen molar-refractivity contribution >= 4 is 23.2 Å². The van der Waals surface area contributed by atoms with Crippen molar-refractivity contribution in [1.29, 1.82) is 5.26 Å². The van der Waals surface area contributed by atoms with Crippen LogP contribution in [0, 0.1) is 16.5 Å². The second kappa shape index (κ2) is 11.5. The molecule has 0 radical (unpaired) electrons. The van der Waals surface area contributed by atoms with E-state index in [2.05, 4.69) is 0 Å². The third kappa shape index (κ3) is 6.05. The molecule has 0 aromatic heterocycles. The Hall–Kier alpha value is -3.39. The van der Waals surface area contributed by atoms with Crippen molar-refractivity contribution in [2.45, 2.75) is 20.8 Å². The van der Waals surface area contributed by atoms with Gasteiger partial charge in [-0.15, -0.1) is 0 Å². The third-order valence-corrected chi connectivity index (χ3v) is 3.49. The van der Waals surface area contributed by atoms with E-state index in [1.165, 1.54) is 38.1 Å². The monoisotopic (exact) mass is 406 g/mol.